The van der Waals surface area contributed by atoms with Crippen molar-refractivity contribution in [1.29, 1.82) is 0 Å². The number of nitrogens with one attached hydrogen (secondary N) is 1. The highest BCUT2D eigenvalue weighted by atomic mass is 32.2. The monoisotopic (exact) mass is 213 g/mol. The number of hydrogen-bond acceptors (Lipinski definition) is 4. The second kappa shape index (κ2) is 8.43. The third-order valence-electron chi connectivity index (χ3n) is 0.766. The molecule has 0 radical (unpaired) electrons. The Morgan fingerprint density at radius 3 is 1.62 bits per heavy atom. The van der Waals surface area contributed by atoms with Crippen molar-refractivity contribution in [3.63, 3.8) is 0 Å². The molecule has 0 aromatic rings. The maximum Gasteiger partial charge on any atom is 0.208 e. The van der Waals surface area contributed by atoms with Crippen LogP contribution in [0.3, 0.4) is 0 Å². The largest absolute Gasteiger partial charge is 0.396 e. The third-order valence-corrected chi connectivity index (χ3v) is 1.67. The fraction of sp³-hybridized carbons (Fsp3) is 1.00. The third kappa shape index (κ3) is 24.5. The number of aliphatic hydroxyl groups excluding tert-OH is 2. The summed E-state index contributed by atoms with van der Waals surface area (Å²) in [6.07, 6.45) is 1.65. The van der Waals surface area contributed by atoms with E-state index in [1.54, 1.807) is 13.8 Å². The molecule has 3 N–H and O–H groups in total. The number of hydrogen-bond donors (Lipinski definition) is 3. The van der Waals surface area contributed by atoms with Crippen LogP contribution in [0.1, 0.15) is 20.3 Å². The van der Waals surface area contributed by atoms with Crippen molar-refractivity contribution < 1.29 is 18.6 Å². The first-order chi connectivity index (χ1) is 5.83. The average molecular weight is 213 g/mol. The van der Waals surface area contributed by atoms with Gasteiger partial charge in [0.2, 0.25) is 10.0 Å². The summed E-state index contributed by atoms with van der Waals surface area (Å²) in [6, 6.07) is 0.00463. The van der Waals surface area contributed by atoms with Crippen LogP contribution < -0.4 is 4.72 Å². The molecule has 0 heterocycles. The standard InChI is InChI=1S/C4H11NO2S.C3H8O2/c1-4(2)5-8(3,6)7;4-2-1-3-5/h4-5H,1-3H3;4-5H,1-3H2. The van der Waals surface area contributed by atoms with Gasteiger partial charge >= 0.3 is 0 Å². The van der Waals surface area contributed by atoms with Gasteiger partial charge in [-0.3, -0.25) is 0 Å². The molecule has 82 valence electrons. The minimum Gasteiger partial charge on any atom is -0.396 e. The Hall–Kier alpha value is -0.170. The first-order valence-electron chi connectivity index (χ1n) is 4.02. The highest BCUT2D eigenvalue weighted by molar-refractivity contribution is 7.88. The van der Waals surface area contributed by atoms with Crippen molar-refractivity contribution in [3.8, 4) is 0 Å². The molecular weight excluding hydrogens is 194 g/mol. The van der Waals surface area contributed by atoms with Crippen LogP contribution in [0.15, 0.2) is 0 Å². The highest BCUT2D eigenvalue weighted by Gasteiger charge is 2.00. The van der Waals surface area contributed by atoms with E-state index in [1.165, 1.54) is 0 Å². The Morgan fingerprint density at radius 2 is 1.62 bits per heavy atom. The van der Waals surface area contributed by atoms with E-state index in [0.29, 0.717) is 6.42 Å². The molecule has 0 fully saturated rings. The second-order valence-corrected chi connectivity index (χ2v) is 4.63. The molecule has 0 aliphatic carbocycles. The van der Waals surface area contributed by atoms with Gasteiger partial charge < -0.3 is 10.2 Å². The SMILES string of the molecule is CC(C)NS(C)(=O)=O.OCCCO. The van der Waals surface area contributed by atoms with Crippen molar-refractivity contribution in [2.24, 2.45) is 0 Å². The molecule has 0 bridgehead atoms. The van der Waals surface area contributed by atoms with Gasteiger partial charge in [-0.2, -0.15) is 0 Å². The predicted molar refractivity (Wildman–Crippen MR) is 51.9 cm³/mol. The van der Waals surface area contributed by atoms with Crippen LogP contribution in [-0.4, -0.2) is 44.1 Å². The molecule has 0 saturated heterocycles. The molecule has 0 unspecified atom stereocenters. The molecule has 6 heteroatoms. The summed E-state index contributed by atoms with van der Waals surface area (Å²) in [5, 5.41) is 15.8. The first kappa shape index (κ1) is 15.3. The molecule has 0 rings (SSSR count). The average Bonchev–Trinajstić information content (AvgIpc) is 1.84. The van der Waals surface area contributed by atoms with Crippen molar-refractivity contribution >= 4 is 10.0 Å². The van der Waals surface area contributed by atoms with Gasteiger partial charge in [-0.15, -0.1) is 0 Å². The summed E-state index contributed by atoms with van der Waals surface area (Å²) >= 11 is 0. The van der Waals surface area contributed by atoms with Gasteiger partial charge in [0.25, 0.3) is 0 Å². The van der Waals surface area contributed by atoms with Crippen LogP contribution in [0.4, 0.5) is 0 Å². The summed E-state index contributed by atoms with van der Waals surface area (Å²) in [5.41, 5.74) is 0. The van der Waals surface area contributed by atoms with Crippen molar-refractivity contribution in [3.05, 3.63) is 0 Å². The van der Waals surface area contributed by atoms with Crippen molar-refractivity contribution in [2.45, 2.75) is 26.3 Å². The van der Waals surface area contributed by atoms with Gasteiger partial charge in [0.15, 0.2) is 0 Å². The minimum atomic E-state index is -2.97. The Labute approximate surface area is 79.8 Å². The topological polar surface area (TPSA) is 86.6 Å². The quantitative estimate of drug-likeness (QED) is 0.576. The fourth-order valence-electron chi connectivity index (χ4n) is 0.499. The van der Waals surface area contributed by atoms with E-state index in [0.717, 1.165) is 6.26 Å². The molecule has 0 amide bonds. The molecule has 0 spiro atoms. The molecule has 0 aliphatic rings. The summed E-state index contributed by atoms with van der Waals surface area (Å²) < 4.78 is 23.0. The lowest BCUT2D eigenvalue weighted by molar-refractivity contribution is 0.221. The Balaban J connectivity index is 0. The number of sulfonamides is 1. The van der Waals surface area contributed by atoms with Crippen LogP contribution in [0.2, 0.25) is 0 Å². The zero-order valence-electron chi connectivity index (χ0n) is 8.32. The number of rotatable bonds is 4. The summed E-state index contributed by atoms with van der Waals surface area (Å²) in [4.78, 5) is 0. The first-order valence-corrected chi connectivity index (χ1v) is 5.91. The lowest BCUT2D eigenvalue weighted by Gasteiger charge is -2.02. The Kier molecular flexibility index (Phi) is 9.93. The molecule has 0 aromatic heterocycles. The van der Waals surface area contributed by atoms with Gasteiger partial charge in [0.05, 0.1) is 6.26 Å². The molecule has 0 aromatic carbocycles. The van der Waals surface area contributed by atoms with E-state index in [2.05, 4.69) is 4.72 Å². The van der Waals surface area contributed by atoms with Gasteiger partial charge in [-0.1, -0.05) is 0 Å². The van der Waals surface area contributed by atoms with Crippen LogP contribution in [0.25, 0.3) is 0 Å². The lowest BCUT2D eigenvalue weighted by atomic mass is 10.4. The Morgan fingerprint density at radius 1 is 1.23 bits per heavy atom. The molecular formula is C7H19NO4S. The second-order valence-electron chi connectivity index (χ2n) is 2.85. The van der Waals surface area contributed by atoms with Gasteiger partial charge in [0.1, 0.15) is 0 Å². The van der Waals surface area contributed by atoms with Crippen molar-refractivity contribution in [1.82, 2.24) is 4.72 Å². The summed E-state index contributed by atoms with van der Waals surface area (Å²) in [7, 11) is -2.97. The van der Waals surface area contributed by atoms with E-state index < -0.39 is 10.0 Å². The zero-order valence-corrected chi connectivity index (χ0v) is 9.13. The van der Waals surface area contributed by atoms with E-state index in [-0.39, 0.29) is 19.3 Å². The Bertz CT molecular complexity index is 187. The summed E-state index contributed by atoms with van der Waals surface area (Å²) in [6.45, 7) is 3.75. The molecule has 0 atom stereocenters. The van der Waals surface area contributed by atoms with E-state index >= 15 is 0 Å². The van der Waals surface area contributed by atoms with Gasteiger partial charge in [-0.25, -0.2) is 13.1 Å². The maximum atomic E-state index is 10.3. The van der Waals surface area contributed by atoms with Crippen molar-refractivity contribution in [2.75, 3.05) is 19.5 Å². The van der Waals surface area contributed by atoms with Crippen LogP contribution in [-0.2, 0) is 10.0 Å². The van der Waals surface area contributed by atoms with E-state index in [9.17, 15) is 8.42 Å². The lowest BCUT2D eigenvalue weighted by Crippen LogP contribution is -2.28. The van der Waals surface area contributed by atoms with Gasteiger partial charge in [0, 0.05) is 19.3 Å². The van der Waals surface area contributed by atoms with E-state index in [1.807, 2.05) is 0 Å². The van der Waals surface area contributed by atoms with Crippen LogP contribution in [0, 0.1) is 0 Å². The number of aliphatic hydroxyl groups is 2. The molecule has 5 nitrogen and oxygen atoms in total. The molecule has 13 heavy (non-hydrogen) atoms. The zero-order chi connectivity index (χ0) is 10.9. The minimum absolute atomic E-state index is 0.00463. The predicted octanol–water partition coefficient (Wildman–Crippen LogP) is -0.695. The maximum absolute atomic E-state index is 10.3. The summed E-state index contributed by atoms with van der Waals surface area (Å²) in [5.74, 6) is 0. The molecule has 0 saturated carbocycles. The van der Waals surface area contributed by atoms with Crippen LogP contribution >= 0.6 is 0 Å². The van der Waals surface area contributed by atoms with Gasteiger partial charge in [-0.05, 0) is 20.3 Å². The highest BCUT2D eigenvalue weighted by Crippen LogP contribution is 1.79. The fourth-order valence-corrected chi connectivity index (χ4v) is 1.36. The molecule has 0 aliphatic heterocycles. The normalized spacial score (nSPS) is 10.9. The smallest absolute Gasteiger partial charge is 0.208 e. The van der Waals surface area contributed by atoms with Crippen LogP contribution in [0.5, 0.6) is 0 Å². The van der Waals surface area contributed by atoms with E-state index in [4.69, 9.17) is 10.2 Å².